The van der Waals surface area contributed by atoms with Gasteiger partial charge in [0.05, 0.1) is 28.4 Å². The molecule has 0 bridgehead atoms. The van der Waals surface area contributed by atoms with Gasteiger partial charge in [-0.25, -0.2) is 28.8 Å². The number of carbonyl (C=O) groups excluding carboxylic acids is 6. The van der Waals surface area contributed by atoms with E-state index in [2.05, 4.69) is 21.3 Å². The largest absolute Gasteiger partial charge is 0.497 e. The van der Waals surface area contributed by atoms with Crippen LogP contribution in [0.3, 0.4) is 0 Å². The Morgan fingerprint density at radius 3 is 0.947 bits per heavy atom. The van der Waals surface area contributed by atoms with Crippen LogP contribution in [0.2, 0.25) is 0 Å². The van der Waals surface area contributed by atoms with Crippen LogP contribution in [-0.2, 0) is 74.1 Å². The van der Waals surface area contributed by atoms with Crippen LogP contribution in [0.25, 0.3) is 0 Å². The highest BCUT2D eigenvalue weighted by Gasteiger charge is 2.27. The van der Waals surface area contributed by atoms with Gasteiger partial charge in [-0.1, -0.05) is 70.1 Å². The van der Waals surface area contributed by atoms with Gasteiger partial charge in [0.2, 0.25) is 11.8 Å². The molecule has 0 spiro atoms. The SMILES string of the molecule is COc1ccc(COC(=O)N[C@@H](CCCC(=O)N[C@@H](CSSC[C@H](NC(=O)CCC[C@H](NC(=O)OCc2ccc(OC)cc2)C(=O)OCc2ccc(OC)cc2)C(=O)O)C(=O)O)C(=O)OCc2ccc(OC)cc2)cc1. The van der Waals surface area contributed by atoms with Crippen molar-refractivity contribution in [2.75, 3.05) is 39.9 Å². The van der Waals surface area contributed by atoms with E-state index in [0.717, 1.165) is 21.6 Å². The molecule has 24 heteroatoms. The Hall–Kier alpha value is -7.86. The van der Waals surface area contributed by atoms with E-state index in [4.69, 9.17) is 37.9 Å². The van der Waals surface area contributed by atoms with Crippen LogP contribution in [0.5, 0.6) is 23.0 Å². The minimum atomic E-state index is -1.40. The molecule has 0 aliphatic carbocycles. The van der Waals surface area contributed by atoms with E-state index >= 15 is 0 Å². The lowest BCUT2D eigenvalue weighted by atomic mass is 10.1. The summed E-state index contributed by atoms with van der Waals surface area (Å²) in [5.74, 6) is -3.65. The summed E-state index contributed by atoms with van der Waals surface area (Å²) in [6.45, 7) is -0.489. The standard InChI is InChI=1S/C52H62N4O18S2/c1-67-37-19-11-33(12-20-37)27-71-49(63)41(55-51(65)73-29-35-15-23-39(69-3)24-16-35)7-5-9-45(57)53-43(47(59)60)31-75-76-32-44(48(61)62)54-46(58)10-6-8-42(50(64)72-28-34-13-21-38(68-2)22-14-34)56-52(66)74-30-36-17-25-40(70-4)26-18-36/h11-26,41-44H,5-10,27-32H2,1-4H3,(H,53,57)(H,54,58)(H,55,65)(H,56,66)(H,59,60)(H,61,62)/t41-,42-,43-,44-/m0/s1. The predicted octanol–water partition coefficient (Wildman–Crippen LogP) is 5.96. The first-order valence-electron chi connectivity index (χ1n) is 23.6. The van der Waals surface area contributed by atoms with Crippen LogP contribution in [0, 0.1) is 0 Å². The molecule has 22 nitrogen and oxygen atoms in total. The quantitative estimate of drug-likeness (QED) is 0.0139. The number of amides is 4. The van der Waals surface area contributed by atoms with Crippen molar-refractivity contribution in [2.24, 2.45) is 0 Å². The number of esters is 2. The number of hydrogen-bond acceptors (Lipinski definition) is 18. The maximum Gasteiger partial charge on any atom is 0.408 e. The van der Waals surface area contributed by atoms with Crippen molar-refractivity contribution >= 4 is 69.5 Å². The number of alkyl carbamates (subject to hydrolysis) is 2. The Balaban J connectivity index is 1.23. The molecule has 0 unspecified atom stereocenters. The molecule has 0 aliphatic rings. The maximum absolute atomic E-state index is 13.2. The zero-order chi connectivity index (χ0) is 55.2. The molecule has 0 radical (unpaired) electrons. The predicted molar refractivity (Wildman–Crippen MR) is 278 cm³/mol. The van der Waals surface area contributed by atoms with E-state index in [-0.39, 0.29) is 76.5 Å². The van der Waals surface area contributed by atoms with Crippen LogP contribution in [0.1, 0.15) is 60.8 Å². The highest BCUT2D eigenvalue weighted by Crippen LogP contribution is 2.24. The topological polar surface area (TPSA) is 299 Å². The molecule has 4 aromatic rings. The van der Waals surface area contributed by atoms with Gasteiger partial charge in [-0.05, 0) is 96.5 Å². The lowest BCUT2D eigenvalue weighted by molar-refractivity contribution is -0.148. The highest BCUT2D eigenvalue weighted by atomic mass is 33.1. The zero-order valence-corrected chi connectivity index (χ0v) is 43.9. The normalized spacial score (nSPS) is 12.2. The van der Waals surface area contributed by atoms with Gasteiger partial charge < -0.3 is 69.4 Å². The van der Waals surface area contributed by atoms with Crippen molar-refractivity contribution in [2.45, 2.75) is 89.1 Å². The second kappa shape index (κ2) is 33.1. The number of carboxylic acid groups (broad SMARTS) is 2. The Morgan fingerprint density at radius 2 is 0.684 bits per heavy atom. The number of methoxy groups -OCH3 is 4. The number of carbonyl (C=O) groups is 8. The summed E-state index contributed by atoms with van der Waals surface area (Å²) >= 11 is 0. The van der Waals surface area contributed by atoms with E-state index in [1.165, 1.54) is 28.4 Å². The van der Waals surface area contributed by atoms with E-state index in [0.29, 0.717) is 45.3 Å². The van der Waals surface area contributed by atoms with E-state index < -0.39 is 72.0 Å². The van der Waals surface area contributed by atoms with Gasteiger partial charge in [-0.15, -0.1) is 0 Å². The third-order valence-electron chi connectivity index (χ3n) is 10.9. The summed E-state index contributed by atoms with van der Waals surface area (Å²) in [5, 5.41) is 29.5. The molecule has 0 saturated carbocycles. The molecule has 410 valence electrons. The Labute approximate surface area is 446 Å². The summed E-state index contributed by atoms with van der Waals surface area (Å²) in [6.07, 6.45) is -2.43. The smallest absolute Gasteiger partial charge is 0.408 e. The van der Waals surface area contributed by atoms with Crippen LogP contribution >= 0.6 is 21.6 Å². The Kier molecular flexibility index (Phi) is 26.5. The molecule has 6 N–H and O–H groups in total. The maximum atomic E-state index is 13.2. The molecule has 0 fully saturated rings. The molecular formula is C52H62N4O18S2. The molecule has 4 aromatic carbocycles. The molecule has 0 aromatic heterocycles. The van der Waals surface area contributed by atoms with Crippen LogP contribution in [0.4, 0.5) is 9.59 Å². The summed E-state index contributed by atoms with van der Waals surface area (Å²) in [6, 6.07) is 21.8. The molecule has 0 heterocycles. The fraction of sp³-hybridized carbons (Fsp3) is 0.385. The third-order valence-corrected chi connectivity index (χ3v) is 13.3. The first-order valence-corrected chi connectivity index (χ1v) is 26.1. The molecule has 0 aliphatic heterocycles. The van der Waals surface area contributed by atoms with Crippen molar-refractivity contribution in [1.29, 1.82) is 0 Å². The van der Waals surface area contributed by atoms with Crippen LogP contribution in [-0.4, -0.2) is 122 Å². The number of benzene rings is 4. The van der Waals surface area contributed by atoms with Gasteiger partial charge in [-0.3, -0.25) is 9.59 Å². The molecule has 0 saturated heterocycles. The van der Waals surface area contributed by atoms with Gasteiger partial charge in [0.1, 0.15) is 73.6 Å². The van der Waals surface area contributed by atoms with Crippen LogP contribution in [0.15, 0.2) is 97.1 Å². The second-order valence-corrected chi connectivity index (χ2v) is 19.0. The Morgan fingerprint density at radius 1 is 0.408 bits per heavy atom. The van der Waals surface area contributed by atoms with Gasteiger partial charge in [0, 0.05) is 24.3 Å². The summed E-state index contributed by atoms with van der Waals surface area (Å²) in [5.41, 5.74) is 2.59. The van der Waals surface area contributed by atoms with Gasteiger partial charge in [0.25, 0.3) is 0 Å². The van der Waals surface area contributed by atoms with Crippen LogP contribution < -0.4 is 40.2 Å². The van der Waals surface area contributed by atoms with Gasteiger partial charge in [-0.2, -0.15) is 0 Å². The summed E-state index contributed by atoms with van der Waals surface area (Å²) in [4.78, 5) is 102. The van der Waals surface area contributed by atoms with Crippen molar-refractivity contribution in [3.8, 4) is 23.0 Å². The second-order valence-electron chi connectivity index (χ2n) is 16.4. The van der Waals surface area contributed by atoms with E-state index in [9.17, 15) is 48.6 Å². The third kappa shape index (κ3) is 22.7. The fourth-order valence-electron chi connectivity index (χ4n) is 6.61. The first kappa shape index (κ1) is 60.7. The average molecular weight is 1100 g/mol. The number of nitrogens with one attached hydrogen (secondary N) is 4. The lowest BCUT2D eigenvalue weighted by Gasteiger charge is -2.19. The number of hydrogen-bond donors (Lipinski definition) is 6. The van der Waals surface area contributed by atoms with Gasteiger partial charge in [0.15, 0.2) is 0 Å². The minimum Gasteiger partial charge on any atom is -0.497 e. The number of rotatable bonds is 33. The number of carboxylic acids is 2. The average Bonchev–Trinajstić information content (AvgIpc) is 3.42. The molecule has 4 amide bonds. The molecule has 4 atom stereocenters. The van der Waals surface area contributed by atoms with E-state index in [1.807, 2.05) is 0 Å². The number of aliphatic carboxylic acids is 2. The zero-order valence-electron chi connectivity index (χ0n) is 42.3. The van der Waals surface area contributed by atoms with E-state index in [1.54, 1.807) is 97.1 Å². The molecule has 4 rings (SSSR count). The lowest BCUT2D eigenvalue weighted by Crippen LogP contribution is -2.44. The highest BCUT2D eigenvalue weighted by molar-refractivity contribution is 8.76. The van der Waals surface area contributed by atoms with Crippen molar-refractivity contribution in [3.63, 3.8) is 0 Å². The Bertz CT molecular complexity index is 2330. The fourth-order valence-corrected chi connectivity index (χ4v) is 8.92. The van der Waals surface area contributed by atoms with Crippen molar-refractivity contribution < 1.29 is 86.5 Å². The summed E-state index contributed by atoms with van der Waals surface area (Å²) in [7, 11) is 7.95. The molecule has 76 heavy (non-hydrogen) atoms. The van der Waals surface area contributed by atoms with Gasteiger partial charge >= 0.3 is 36.1 Å². The monoisotopic (exact) mass is 1090 g/mol. The molecular weight excluding hydrogens is 1030 g/mol. The summed E-state index contributed by atoms with van der Waals surface area (Å²) < 4.78 is 42.1. The minimum absolute atomic E-state index is 0.0187. The number of ether oxygens (including phenoxy) is 8. The first-order chi connectivity index (χ1) is 36.6. The van der Waals surface area contributed by atoms with Crippen molar-refractivity contribution in [3.05, 3.63) is 119 Å². The van der Waals surface area contributed by atoms with Crippen molar-refractivity contribution in [1.82, 2.24) is 21.3 Å².